The summed E-state index contributed by atoms with van der Waals surface area (Å²) in [4.78, 5) is 10.9. The number of hydrogen-bond donors (Lipinski definition) is 0. The van der Waals surface area contributed by atoms with Gasteiger partial charge in [0.05, 0.1) is 12.5 Å². The maximum Gasteiger partial charge on any atom is 0.306 e. The summed E-state index contributed by atoms with van der Waals surface area (Å²) in [6.07, 6.45) is 2.49. The molecule has 0 saturated heterocycles. The average Bonchev–Trinajstić information content (AvgIpc) is 2.01. The normalized spacial score (nSPS) is 9.50. The molecule has 0 unspecified atom stereocenters. The van der Waals surface area contributed by atoms with Crippen LogP contribution in [-0.4, -0.2) is 12.6 Å². The molecule has 0 fully saturated rings. The van der Waals surface area contributed by atoms with E-state index < -0.39 is 0 Å². The Morgan fingerprint density at radius 3 is 2.83 bits per heavy atom. The first-order valence-electron chi connectivity index (χ1n) is 4.02. The van der Waals surface area contributed by atoms with Gasteiger partial charge in [-0.15, -0.1) is 0 Å². The number of carbonyl (C=O) groups is 1. The molecule has 0 aromatic carbocycles. The van der Waals surface area contributed by atoms with Gasteiger partial charge in [0.25, 0.3) is 0 Å². The summed E-state index contributed by atoms with van der Waals surface area (Å²) >= 11 is 0. The molecule has 0 atom stereocenters. The minimum Gasteiger partial charge on any atom is -0.465 e. The van der Waals surface area contributed by atoms with Crippen LogP contribution in [0.15, 0.2) is 0 Å². The summed E-state index contributed by atoms with van der Waals surface area (Å²) in [5, 5.41) is 8.15. The fraction of sp³-hybridized carbons (Fsp3) is 0.667. The van der Waals surface area contributed by atoms with Crippen molar-refractivity contribution in [1.29, 1.82) is 5.26 Å². The van der Waals surface area contributed by atoms with Gasteiger partial charge in [-0.2, -0.15) is 5.26 Å². The van der Waals surface area contributed by atoms with E-state index in [9.17, 15) is 4.79 Å². The second kappa shape index (κ2) is 6.66. The van der Waals surface area contributed by atoms with Crippen molar-refractivity contribution in [3.8, 4) is 6.07 Å². The second-order valence-corrected chi connectivity index (χ2v) is 2.81. The summed E-state index contributed by atoms with van der Waals surface area (Å²) in [6, 6.07) is 1.90. The van der Waals surface area contributed by atoms with Crippen molar-refractivity contribution in [2.75, 3.05) is 6.61 Å². The number of esters is 1. The molecule has 0 spiro atoms. The molecule has 0 aliphatic rings. The fourth-order valence-corrected chi connectivity index (χ4v) is 0.601. The van der Waals surface area contributed by atoms with E-state index in [-0.39, 0.29) is 19.0 Å². The minimum absolute atomic E-state index is 0.210. The van der Waals surface area contributed by atoms with Crippen LogP contribution in [0.5, 0.6) is 0 Å². The van der Waals surface area contributed by atoms with Crippen LogP contribution in [0.2, 0.25) is 0 Å². The maximum atomic E-state index is 10.9. The quantitative estimate of drug-likeness (QED) is 0.463. The van der Waals surface area contributed by atoms with Crippen LogP contribution in [0.1, 0.15) is 26.7 Å². The van der Waals surface area contributed by atoms with Crippen molar-refractivity contribution in [1.82, 2.24) is 0 Å². The number of carbonyl (C=O) groups excluding carboxylic acids is 1. The van der Waals surface area contributed by atoms with Gasteiger partial charge in [-0.3, -0.25) is 4.79 Å². The van der Waals surface area contributed by atoms with Crippen molar-refractivity contribution in [2.24, 2.45) is 5.92 Å². The second-order valence-electron chi connectivity index (χ2n) is 2.81. The van der Waals surface area contributed by atoms with E-state index in [0.29, 0.717) is 12.3 Å². The van der Waals surface area contributed by atoms with Crippen molar-refractivity contribution in [3.05, 3.63) is 6.42 Å². The molecule has 0 aliphatic carbocycles. The molecule has 67 valence electrons. The van der Waals surface area contributed by atoms with E-state index >= 15 is 0 Å². The molecule has 0 amide bonds. The molecular weight excluding hydrogens is 154 g/mol. The van der Waals surface area contributed by atoms with E-state index in [2.05, 4.69) is 0 Å². The predicted molar refractivity (Wildman–Crippen MR) is 44.9 cm³/mol. The molecule has 0 N–H and O–H groups in total. The monoisotopic (exact) mass is 168 g/mol. The van der Waals surface area contributed by atoms with E-state index in [1.165, 1.54) is 0 Å². The molecule has 3 heteroatoms. The van der Waals surface area contributed by atoms with Crippen molar-refractivity contribution >= 4 is 5.97 Å². The van der Waals surface area contributed by atoms with Gasteiger partial charge in [-0.05, 0) is 12.3 Å². The molecule has 12 heavy (non-hydrogen) atoms. The molecule has 0 aromatic rings. The van der Waals surface area contributed by atoms with E-state index in [0.717, 1.165) is 0 Å². The van der Waals surface area contributed by atoms with Gasteiger partial charge in [-0.25, -0.2) is 0 Å². The molecule has 0 rings (SSSR count). The number of hydrogen-bond acceptors (Lipinski definition) is 3. The summed E-state index contributed by atoms with van der Waals surface area (Å²) < 4.78 is 4.74. The van der Waals surface area contributed by atoms with Crippen LogP contribution < -0.4 is 0 Å². The van der Waals surface area contributed by atoms with Crippen LogP contribution in [0.3, 0.4) is 0 Å². The zero-order valence-electron chi connectivity index (χ0n) is 7.54. The van der Waals surface area contributed by atoms with E-state index in [4.69, 9.17) is 10.00 Å². The van der Waals surface area contributed by atoms with Crippen LogP contribution >= 0.6 is 0 Å². The Hall–Kier alpha value is -1.04. The van der Waals surface area contributed by atoms with Gasteiger partial charge >= 0.3 is 5.97 Å². The first-order valence-corrected chi connectivity index (χ1v) is 4.02. The van der Waals surface area contributed by atoms with Gasteiger partial charge in [0, 0.05) is 6.42 Å². The Bertz CT molecular complexity index is 170. The van der Waals surface area contributed by atoms with Gasteiger partial charge < -0.3 is 4.74 Å². The lowest BCUT2D eigenvalue weighted by molar-refractivity contribution is -0.142. The Balaban J connectivity index is 3.29. The summed E-state index contributed by atoms with van der Waals surface area (Å²) in [5.74, 6) is 0.146. The summed E-state index contributed by atoms with van der Waals surface area (Å²) in [7, 11) is 0. The van der Waals surface area contributed by atoms with Gasteiger partial charge in [-0.1, -0.05) is 13.8 Å². The molecule has 1 radical (unpaired) electrons. The zero-order valence-corrected chi connectivity index (χ0v) is 7.54. The van der Waals surface area contributed by atoms with Crippen LogP contribution in [0.25, 0.3) is 0 Å². The highest BCUT2D eigenvalue weighted by molar-refractivity contribution is 5.70. The number of rotatable bonds is 5. The highest BCUT2D eigenvalue weighted by atomic mass is 16.5. The largest absolute Gasteiger partial charge is 0.465 e. The van der Waals surface area contributed by atoms with Crippen molar-refractivity contribution < 1.29 is 9.53 Å². The Morgan fingerprint density at radius 2 is 2.33 bits per heavy atom. The Morgan fingerprint density at radius 1 is 1.67 bits per heavy atom. The highest BCUT2D eigenvalue weighted by Crippen LogP contribution is 2.02. The number of nitriles is 1. The molecule has 0 saturated carbocycles. The lowest BCUT2D eigenvalue weighted by Gasteiger charge is -2.03. The lowest BCUT2D eigenvalue weighted by atomic mass is 10.1. The Labute approximate surface area is 73.3 Å². The third kappa shape index (κ3) is 7.07. The number of nitrogens with zero attached hydrogens (tertiary/aromatic N) is 1. The van der Waals surface area contributed by atoms with E-state index in [1.54, 1.807) is 0 Å². The topological polar surface area (TPSA) is 50.1 Å². The Kier molecular flexibility index (Phi) is 6.08. The molecule has 0 bridgehead atoms. The first-order chi connectivity index (χ1) is 5.66. The summed E-state index contributed by atoms with van der Waals surface area (Å²) in [6.45, 7) is 4.21. The van der Waals surface area contributed by atoms with Crippen LogP contribution in [0.4, 0.5) is 0 Å². The highest BCUT2D eigenvalue weighted by Gasteiger charge is 2.03. The first kappa shape index (κ1) is 11.0. The summed E-state index contributed by atoms with van der Waals surface area (Å²) in [5.41, 5.74) is 0. The zero-order chi connectivity index (χ0) is 9.40. The molecule has 3 nitrogen and oxygen atoms in total. The standard InChI is InChI=1S/C9H14NO2/c1-8(2)4-5-9(11)12-7-3-6-10/h4,8H,3,5,7H2,1-2H3. The van der Waals surface area contributed by atoms with Gasteiger partial charge in [0.2, 0.25) is 0 Å². The third-order valence-corrected chi connectivity index (χ3v) is 1.23. The molecular formula is C9H14NO2. The molecule has 0 aliphatic heterocycles. The van der Waals surface area contributed by atoms with Crippen LogP contribution in [0, 0.1) is 23.7 Å². The number of ether oxygens (including phenoxy) is 1. The minimum atomic E-state index is -0.251. The van der Waals surface area contributed by atoms with Crippen molar-refractivity contribution in [2.45, 2.75) is 26.7 Å². The molecule has 0 heterocycles. The van der Waals surface area contributed by atoms with Gasteiger partial charge in [0.15, 0.2) is 0 Å². The average molecular weight is 168 g/mol. The fourth-order valence-electron chi connectivity index (χ4n) is 0.601. The lowest BCUT2D eigenvalue weighted by Crippen LogP contribution is -2.06. The molecule has 0 aromatic heterocycles. The van der Waals surface area contributed by atoms with E-state index in [1.807, 2.05) is 26.3 Å². The van der Waals surface area contributed by atoms with Crippen LogP contribution in [-0.2, 0) is 9.53 Å². The van der Waals surface area contributed by atoms with Gasteiger partial charge in [0.1, 0.15) is 6.61 Å². The van der Waals surface area contributed by atoms with Crippen molar-refractivity contribution in [3.63, 3.8) is 0 Å². The smallest absolute Gasteiger partial charge is 0.306 e. The maximum absolute atomic E-state index is 10.9. The predicted octanol–water partition coefficient (Wildman–Crippen LogP) is 1.69. The SMILES string of the molecule is CC(C)[CH]CC(=O)OCCC#N. The third-order valence-electron chi connectivity index (χ3n) is 1.23.